The lowest BCUT2D eigenvalue weighted by atomic mass is 10.0. The molecule has 0 aliphatic rings. The fraction of sp³-hybridized carbons (Fsp3) is 0.600. The minimum absolute atomic E-state index is 0.0944. The normalized spacial score (nSPS) is 13.2. The molecule has 2 N–H and O–H groups in total. The minimum atomic E-state index is -3.80. The first-order chi connectivity index (χ1) is 18.8. The molecule has 0 heterocycles. The van der Waals surface area contributed by atoms with Crippen LogP contribution in [-0.4, -0.2) is 72.8 Å². The maximum Gasteiger partial charge on any atom is 0.244 e. The number of sulfonamides is 1. The van der Waals surface area contributed by atoms with Gasteiger partial charge in [0.25, 0.3) is 0 Å². The maximum atomic E-state index is 13.2. The van der Waals surface area contributed by atoms with E-state index >= 15 is 0 Å². The molecule has 0 aliphatic carbocycles. The molecule has 40 heavy (non-hydrogen) atoms. The van der Waals surface area contributed by atoms with Gasteiger partial charge in [0.2, 0.25) is 10.0 Å². The summed E-state index contributed by atoms with van der Waals surface area (Å²) in [5, 5.41) is 3.43. The second-order valence-electron chi connectivity index (χ2n) is 10.9. The third-order valence-corrected chi connectivity index (χ3v) is 7.93. The van der Waals surface area contributed by atoms with Crippen LogP contribution in [0.25, 0.3) is 0 Å². The van der Waals surface area contributed by atoms with Gasteiger partial charge in [-0.3, -0.25) is 0 Å². The predicted octanol–water partition coefficient (Wildman–Crippen LogP) is 4.58. The Morgan fingerprint density at radius 2 is 1.57 bits per heavy atom. The second kappa shape index (κ2) is 15.6. The lowest BCUT2D eigenvalue weighted by Crippen LogP contribution is -2.38. The van der Waals surface area contributed by atoms with Gasteiger partial charge >= 0.3 is 0 Å². The van der Waals surface area contributed by atoms with E-state index in [9.17, 15) is 8.42 Å². The van der Waals surface area contributed by atoms with Crippen LogP contribution < -0.4 is 24.2 Å². The summed E-state index contributed by atoms with van der Waals surface area (Å²) >= 11 is 0. The standard InChI is InChI=1S/C30H48N2O7S/c1-9-37-25-12-10-11-13-26(25)38-19-18-31-23(2)20-24-14-15-27(35-7)28(21-24)40(33,34)32-17-16-29(3,4)39-22-30(5,6)36-8/h10-15,21,23,31-32H,9,16-20,22H2,1-8H3. The molecule has 0 saturated carbocycles. The van der Waals surface area contributed by atoms with E-state index in [2.05, 4.69) is 17.0 Å². The second-order valence-corrected chi connectivity index (χ2v) is 12.7. The number of benzene rings is 2. The summed E-state index contributed by atoms with van der Waals surface area (Å²) in [5.74, 6) is 1.74. The van der Waals surface area contributed by atoms with Crippen molar-refractivity contribution in [1.82, 2.24) is 10.0 Å². The third-order valence-electron chi connectivity index (χ3n) is 6.44. The highest BCUT2D eigenvalue weighted by Gasteiger charge is 2.26. The summed E-state index contributed by atoms with van der Waals surface area (Å²) in [6, 6.07) is 13.0. The van der Waals surface area contributed by atoms with Crippen molar-refractivity contribution in [2.24, 2.45) is 0 Å². The van der Waals surface area contributed by atoms with Gasteiger partial charge in [-0.05, 0) is 84.2 Å². The lowest BCUT2D eigenvalue weighted by Gasteiger charge is -2.31. The zero-order valence-corrected chi connectivity index (χ0v) is 26.2. The van der Waals surface area contributed by atoms with E-state index in [4.69, 9.17) is 23.7 Å². The zero-order valence-electron chi connectivity index (χ0n) is 25.3. The molecule has 2 rings (SSSR count). The lowest BCUT2D eigenvalue weighted by molar-refractivity contribution is -0.108. The highest BCUT2D eigenvalue weighted by molar-refractivity contribution is 7.89. The first-order valence-corrected chi connectivity index (χ1v) is 15.2. The summed E-state index contributed by atoms with van der Waals surface area (Å²) in [4.78, 5) is 0.120. The van der Waals surface area contributed by atoms with Gasteiger partial charge < -0.3 is 29.0 Å². The van der Waals surface area contributed by atoms with E-state index in [1.54, 1.807) is 19.2 Å². The van der Waals surface area contributed by atoms with Crippen LogP contribution >= 0.6 is 0 Å². The topological polar surface area (TPSA) is 104 Å². The summed E-state index contributed by atoms with van der Waals surface area (Å²) in [5.41, 5.74) is -0.0621. The van der Waals surface area contributed by atoms with Gasteiger partial charge in [-0.2, -0.15) is 0 Å². The SMILES string of the molecule is CCOc1ccccc1OCCNC(C)Cc1ccc(OC)c(S(=O)(=O)NCCC(C)(C)OCC(C)(C)OC)c1. The molecule has 2 aromatic rings. The monoisotopic (exact) mass is 580 g/mol. The minimum Gasteiger partial charge on any atom is -0.495 e. The van der Waals surface area contributed by atoms with Crippen molar-refractivity contribution in [2.75, 3.05) is 47.1 Å². The quantitative estimate of drug-likeness (QED) is 0.233. The van der Waals surface area contributed by atoms with E-state index in [1.165, 1.54) is 7.11 Å². The van der Waals surface area contributed by atoms with Crippen LogP contribution in [0.4, 0.5) is 0 Å². The summed E-state index contributed by atoms with van der Waals surface area (Å²) in [6.07, 6.45) is 1.13. The Balaban J connectivity index is 1.93. The van der Waals surface area contributed by atoms with Crippen molar-refractivity contribution < 1.29 is 32.1 Å². The maximum absolute atomic E-state index is 13.2. The van der Waals surface area contributed by atoms with Crippen molar-refractivity contribution in [3.63, 3.8) is 0 Å². The molecule has 9 nitrogen and oxygen atoms in total. The summed E-state index contributed by atoms with van der Waals surface area (Å²) in [7, 11) is -0.690. The first kappa shape index (κ1) is 33.8. The highest BCUT2D eigenvalue weighted by Crippen LogP contribution is 2.27. The van der Waals surface area contributed by atoms with Gasteiger partial charge in [-0.1, -0.05) is 18.2 Å². The molecule has 0 saturated heterocycles. The molecular formula is C30H48N2O7S. The average molecular weight is 581 g/mol. The van der Waals surface area contributed by atoms with Crippen molar-refractivity contribution in [1.29, 1.82) is 0 Å². The average Bonchev–Trinajstić information content (AvgIpc) is 2.91. The number of nitrogens with one attached hydrogen (secondary N) is 2. The van der Waals surface area contributed by atoms with Crippen LogP contribution in [0.5, 0.6) is 17.2 Å². The van der Waals surface area contributed by atoms with Crippen molar-refractivity contribution in [3.05, 3.63) is 48.0 Å². The fourth-order valence-electron chi connectivity index (χ4n) is 3.86. The largest absolute Gasteiger partial charge is 0.495 e. The Morgan fingerprint density at radius 1 is 0.900 bits per heavy atom. The molecule has 0 amide bonds. The highest BCUT2D eigenvalue weighted by atomic mass is 32.2. The molecule has 1 unspecified atom stereocenters. The van der Waals surface area contributed by atoms with E-state index in [1.807, 2.05) is 65.0 Å². The number of rotatable bonds is 19. The van der Waals surface area contributed by atoms with E-state index < -0.39 is 21.2 Å². The Morgan fingerprint density at radius 3 is 2.20 bits per heavy atom. The predicted molar refractivity (Wildman–Crippen MR) is 158 cm³/mol. The van der Waals surface area contributed by atoms with Gasteiger partial charge in [0.1, 0.15) is 17.3 Å². The van der Waals surface area contributed by atoms with E-state index in [0.29, 0.717) is 50.7 Å². The molecule has 0 spiro atoms. The molecule has 0 bridgehead atoms. The Labute approximate surface area is 240 Å². The Kier molecular flexibility index (Phi) is 13.2. The number of ether oxygens (including phenoxy) is 5. The molecule has 226 valence electrons. The van der Waals surface area contributed by atoms with Crippen LogP contribution in [0.1, 0.15) is 53.5 Å². The zero-order chi connectivity index (χ0) is 29.8. The third kappa shape index (κ3) is 11.2. The number of hydrogen-bond acceptors (Lipinski definition) is 8. The van der Waals surface area contributed by atoms with Crippen LogP contribution in [0, 0.1) is 0 Å². The van der Waals surface area contributed by atoms with Crippen LogP contribution in [-0.2, 0) is 25.9 Å². The van der Waals surface area contributed by atoms with E-state index in [-0.39, 0.29) is 17.5 Å². The van der Waals surface area contributed by atoms with Gasteiger partial charge in [-0.15, -0.1) is 0 Å². The summed E-state index contributed by atoms with van der Waals surface area (Å²) < 4.78 is 57.4. The molecule has 10 heteroatoms. The first-order valence-electron chi connectivity index (χ1n) is 13.8. The van der Waals surface area contributed by atoms with Crippen molar-refractivity contribution >= 4 is 10.0 Å². The molecule has 0 fully saturated rings. The van der Waals surface area contributed by atoms with Gasteiger partial charge in [0.05, 0.1) is 31.5 Å². The molecular weight excluding hydrogens is 532 g/mol. The molecule has 0 aromatic heterocycles. The van der Waals surface area contributed by atoms with Crippen LogP contribution in [0.3, 0.4) is 0 Å². The number of hydrogen-bond donors (Lipinski definition) is 2. The van der Waals surface area contributed by atoms with Gasteiger partial charge in [0, 0.05) is 26.2 Å². The molecule has 0 radical (unpaired) electrons. The Bertz CT molecular complexity index is 1150. The van der Waals surface area contributed by atoms with Crippen LogP contribution in [0.2, 0.25) is 0 Å². The Hall–Kier alpha value is -2.37. The van der Waals surface area contributed by atoms with Gasteiger partial charge in [0.15, 0.2) is 11.5 Å². The smallest absolute Gasteiger partial charge is 0.244 e. The van der Waals surface area contributed by atoms with E-state index in [0.717, 1.165) is 11.3 Å². The molecule has 2 aromatic carbocycles. The summed E-state index contributed by atoms with van der Waals surface area (Å²) in [6.45, 7) is 14.1. The van der Waals surface area contributed by atoms with Crippen molar-refractivity contribution in [2.45, 2.75) is 76.5 Å². The van der Waals surface area contributed by atoms with Crippen LogP contribution in [0.15, 0.2) is 47.4 Å². The van der Waals surface area contributed by atoms with Gasteiger partial charge in [-0.25, -0.2) is 13.1 Å². The molecule has 0 aliphatic heterocycles. The fourth-order valence-corrected chi connectivity index (χ4v) is 5.11. The number of para-hydroxylation sites is 2. The van der Waals surface area contributed by atoms with Crippen molar-refractivity contribution in [3.8, 4) is 17.2 Å². The molecule has 1 atom stereocenters. The number of methoxy groups -OCH3 is 2.